The second-order valence-corrected chi connectivity index (χ2v) is 8.94. The van der Waals surface area contributed by atoms with E-state index in [0.717, 1.165) is 33.6 Å². The van der Waals surface area contributed by atoms with E-state index in [4.69, 9.17) is 0 Å². The van der Waals surface area contributed by atoms with Crippen molar-refractivity contribution in [2.45, 2.75) is 18.0 Å². The molecule has 1 aliphatic rings. The van der Waals surface area contributed by atoms with Gasteiger partial charge in [-0.15, -0.1) is 0 Å². The van der Waals surface area contributed by atoms with Crippen LogP contribution in [0.1, 0.15) is 16.7 Å². The van der Waals surface area contributed by atoms with Gasteiger partial charge >= 0.3 is 6.18 Å². The summed E-state index contributed by atoms with van der Waals surface area (Å²) in [6.45, 7) is 2.30. The number of carbonyl (C=O) groups is 1. The van der Waals surface area contributed by atoms with Crippen LogP contribution in [0.4, 0.5) is 13.2 Å². The van der Waals surface area contributed by atoms with E-state index < -0.39 is 26.7 Å². The van der Waals surface area contributed by atoms with Crippen molar-refractivity contribution in [3.8, 4) is 0 Å². The van der Waals surface area contributed by atoms with Gasteiger partial charge in [0.2, 0.25) is 15.9 Å². The van der Waals surface area contributed by atoms with Crippen LogP contribution < -0.4 is 0 Å². The lowest BCUT2D eigenvalue weighted by atomic mass is 10.1. The number of rotatable bonds is 4. The van der Waals surface area contributed by atoms with Gasteiger partial charge in [0.1, 0.15) is 0 Å². The monoisotopic (exact) mass is 438 g/mol. The fourth-order valence-electron chi connectivity index (χ4n) is 3.18. The largest absolute Gasteiger partial charge is 0.416 e. The van der Waals surface area contributed by atoms with Crippen LogP contribution in [0.25, 0.3) is 6.08 Å². The summed E-state index contributed by atoms with van der Waals surface area (Å²) < 4.78 is 65.3. The van der Waals surface area contributed by atoms with Crippen LogP contribution >= 0.6 is 0 Å². The van der Waals surface area contributed by atoms with Crippen molar-refractivity contribution in [3.63, 3.8) is 0 Å². The molecule has 160 valence electrons. The first-order valence-electron chi connectivity index (χ1n) is 9.28. The summed E-state index contributed by atoms with van der Waals surface area (Å²) >= 11 is 0. The lowest BCUT2D eigenvalue weighted by Crippen LogP contribution is -2.50. The Morgan fingerprint density at radius 1 is 1.00 bits per heavy atom. The molecule has 1 amide bonds. The third-order valence-electron chi connectivity index (χ3n) is 4.81. The second-order valence-electron chi connectivity index (χ2n) is 7.00. The van der Waals surface area contributed by atoms with Gasteiger partial charge in [0.15, 0.2) is 0 Å². The van der Waals surface area contributed by atoms with Crippen LogP contribution in [0.5, 0.6) is 0 Å². The summed E-state index contributed by atoms with van der Waals surface area (Å²) in [6.07, 6.45) is -1.49. The molecule has 0 bridgehead atoms. The molecule has 9 heteroatoms. The molecule has 0 spiro atoms. The highest BCUT2D eigenvalue weighted by atomic mass is 32.2. The number of piperazine rings is 1. The van der Waals surface area contributed by atoms with Gasteiger partial charge in [-0.25, -0.2) is 8.42 Å². The lowest BCUT2D eigenvalue weighted by Gasteiger charge is -2.33. The van der Waals surface area contributed by atoms with Crippen LogP contribution in [0.2, 0.25) is 0 Å². The third kappa shape index (κ3) is 5.09. The molecule has 5 nitrogen and oxygen atoms in total. The van der Waals surface area contributed by atoms with Crippen molar-refractivity contribution in [2.24, 2.45) is 0 Å². The molecular formula is C21H21F3N2O3S. The molecule has 0 unspecified atom stereocenters. The molecule has 30 heavy (non-hydrogen) atoms. The van der Waals surface area contributed by atoms with E-state index >= 15 is 0 Å². The maximum absolute atomic E-state index is 12.9. The summed E-state index contributed by atoms with van der Waals surface area (Å²) in [6, 6.07) is 11.3. The zero-order valence-electron chi connectivity index (χ0n) is 16.3. The molecule has 0 N–H and O–H groups in total. The number of halogens is 3. The maximum Gasteiger partial charge on any atom is 0.416 e. The van der Waals surface area contributed by atoms with E-state index in [1.807, 2.05) is 31.2 Å². The molecule has 0 saturated carbocycles. The van der Waals surface area contributed by atoms with Gasteiger partial charge in [-0.05, 0) is 36.8 Å². The van der Waals surface area contributed by atoms with Crippen molar-refractivity contribution < 1.29 is 26.4 Å². The molecule has 0 radical (unpaired) electrons. The molecule has 2 aromatic rings. The Kier molecular flexibility index (Phi) is 6.33. The maximum atomic E-state index is 12.9. The Balaban J connectivity index is 1.65. The topological polar surface area (TPSA) is 57.7 Å². The second kappa shape index (κ2) is 8.61. The third-order valence-corrected chi connectivity index (χ3v) is 6.70. The molecule has 1 heterocycles. The van der Waals surface area contributed by atoms with Crippen LogP contribution in [0, 0.1) is 6.92 Å². The minimum atomic E-state index is -4.62. The Bertz CT molecular complexity index is 1060. The van der Waals surface area contributed by atoms with Gasteiger partial charge in [-0.1, -0.05) is 35.9 Å². The summed E-state index contributed by atoms with van der Waals surface area (Å²) in [7, 11) is -4.08. The molecule has 1 fully saturated rings. The van der Waals surface area contributed by atoms with Gasteiger partial charge in [-0.3, -0.25) is 4.79 Å². The van der Waals surface area contributed by atoms with E-state index in [1.165, 1.54) is 11.0 Å². The molecule has 0 atom stereocenters. The van der Waals surface area contributed by atoms with E-state index in [-0.39, 0.29) is 32.1 Å². The SMILES string of the molecule is Cc1cccc(/C=C/C(=O)N2CCN(S(=O)(=O)c3cccc(C(F)(F)F)c3)CC2)c1. The van der Waals surface area contributed by atoms with Crippen molar-refractivity contribution in [2.75, 3.05) is 26.2 Å². The number of alkyl halides is 3. The van der Waals surface area contributed by atoms with E-state index in [0.29, 0.717) is 6.07 Å². The molecule has 1 saturated heterocycles. The lowest BCUT2D eigenvalue weighted by molar-refractivity contribution is -0.137. The van der Waals surface area contributed by atoms with Gasteiger partial charge < -0.3 is 4.90 Å². The Labute approximate surface area is 173 Å². The first kappa shape index (κ1) is 22.0. The number of benzene rings is 2. The quantitative estimate of drug-likeness (QED) is 0.686. The summed E-state index contributed by atoms with van der Waals surface area (Å²) in [5.41, 5.74) is 0.936. The number of hydrogen-bond donors (Lipinski definition) is 0. The zero-order valence-corrected chi connectivity index (χ0v) is 17.1. The average Bonchev–Trinajstić information content (AvgIpc) is 2.71. The molecule has 1 aliphatic heterocycles. The van der Waals surface area contributed by atoms with Gasteiger partial charge in [-0.2, -0.15) is 17.5 Å². The molecule has 0 aromatic heterocycles. The first-order chi connectivity index (χ1) is 14.1. The predicted molar refractivity (Wildman–Crippen MR) is 107 cm³/mol. The fourth-order valence-corrected chi connectivity index (χ4v) is 4.65. The first-order valence-corrected chi connectivity index (χ1v) is 10.7. The Morgan fingerprint density at radius 3 is 2.30 bits per heavy atom. The minimum Gasteiger partial charge on any atom is -0.337 e. The van der Waals surface area contributed by atoms with Crippen LogP contribution in [-0.4, -0.2) is 49.7 Å². The van der Waals surface area contributed by atoms with Crippen molar-refractivity contribution in [3.05, 3.63) is 71.3 Å². The number of carbonyl (C=O) groups excluding carboxylic acids is 1. The van der Waals surface area contributed by atoms with E-state index in [1.54, 1.807) is 6.08 Å². The number of nitrogens with zero attached hydrogens (tertiary/aromatic N) is 2. The number of amides is 1. The molecule has 2 aromatic carbocycles. The highest BCUT2D eigenvalue weighted by molar-refractivity contribution is 7.89. The Hall–Kier alpha value is -2.65. The van der Waals surface area contributed by atoms with E-state index in [9.17, 15) is 26.4 Å². The van der Waals surface area contributed by atoms with Gasteiger partial charge in [0.05, 0.1) is 10.5 Å². The van der Waals surface area contributed by atoms with Crippen LogP contribution in [-0.2, 0) is 21.0 Å². The van der Waals surface area contributed by atoms with Crippen LogP contribution in [0.15, 0.2) is 59.5 Å². The van der Waals surface area contributed by atoms with Gasteiger partial charge in [0.25, 0.3) is 0 Å². The summed E-state index contributed by atoms with van der Waals surface area (Å²) in [5, 5.41) is 0. The highest BCUT2D eigenvalue weighted by Crippen LogP contribution is 2.31. The zero-order chi connectivity index (χ0) is 21.9. The Morgan fingerprint density at radius 2 is 1.67 bits per heavy atom. The van der Waals surface area contributed by atoms with E-state index in [2.05, 4.69) is 0 Å². The number of aryl methyl sites for hydroxylation is 1. The van der Waals surface area contributed by atoms with Crippen molar-refractivity contribution >= 4 is 22.0 Å². The van der Waals surface area contributed by atoms with Crippen molar-refractivity contribution in [1.29, 1.82) is 0 Å². The predicted octanol–water partition coefficient (Wildman–Crippen LogP) is 3.56. The molecule has 3 rings (SSSR count). The number of hydrogen-bond acceptors (Lipinski definition) is 3. The normalized spacial score (nSPS) is 16.2. The number of sulfonamides is 1. The highest BCUT2D eigenvalue weighted by Gasteiger charge is 2.34. The van der Waals surface area contributed by atoms with Crippen LogP contribution in [0.3, 0.4) is 0 Å². The fraction of sp³-hybridized carbons (Fsp3) is 0.286. The molecular weight excluding hydrogens is 417 g/mol. The summed E-state index contributed by atoms with van der Waals surface area (Å²) in [5.74, 6) is -0.243. The average molecular weight is 438 g/mol. The standard InChI is InChI=1S/C21H21F3N2O3S/c1-16-4-2-5-17(14-16)8-9-20(27)25-10-12-26(13-11-25)30(28,29)19-7-3-6-18(15-19)21(22,23)24/h2-9,14-15H,10-13H2,1H3/b9-8+. The van der Waals surface area contributed by atoms with Crippen molar-refractivity contribution in [1.82, 2.24) is 9.21 Å². The molecule has 0 aliphatic carbocycles. The summed E-state index contributed by atoms with van der Waals surface area (Å²) in [4.78, 5) is 13.5. The van der Waals surface area contributed by atoms with Gasteiger partial charge in [0, 0.05) is 32.3 Å². The minimum absolute atomic E-state index is 0.0165. The smallest absolute Gasteiger partial charge is 0.337 e.